The van der Waals surface area contributed by atoms with E-state index in [0.29, 0.717) is 17.0 Å². The summed E-state index contributed by atoms with van der Waals surface area (Å²) < 4.78 is 25.0. The Morgan fingerprint density at radius 1 is 1.15 bits per heavy atom. The molecule has 0 radical (unpaired) electrons. The first-order valence-electron chi connectivity index (χ1n) is 12.9. The predicted molar refractivity (Wildman–Crippen MR) is 136 cm³/mol. The Balaban J connectivity index is 1.57. The topological polar surface area (TPSA) is 57.7 Å². The van der Waals surface area contributed by atoms with E-state index in [4.69, 9.17) is 0 Å². The fraction of sp³-hybridized carbons (Fsp3) is 0.741. The summed E-state index contributed by atoms with van der Waals surface area (Å²) in [4.78, 5) is 17.0. The Morgan fingerprint density at radius 2 is 1.91 bits per heavy atom. The van der Waals surface area contributed by atoms with E-state index in [-0.39, 0.29) is 17.2 Å². The molecule has 1 fully saturated rings. The molecule has 0 saturated carbocycles. The van der Waals surface area contributed by atoms with E-state index in [1.54, 1.807) is 0 Å². The predicted octanol–water partition coefficient (Wildman–Crippen LogP) is 4.62. The molecule has 0 bridgehead atoms. The van der Waals surface area contributed by atoms with E-state index >= 15 is 0 Å². The zero-order valence-corrected chi connectivity index (χ0v) is 22.2. The average Bonchev–Trinajstić information content (AvgIpc) is 2.88. The average molecular weight is 477 g/mol. The lowest BCUT2D eigenvalue weighted by Crippen LogP contribution is -2.41. The zero-order valence-electron chi connectivity index (χ0n) is 21.3. The lowest BCUT2D eigenvalue weighted by molar-refractivity contribution is -0.112. The molecule has 3 rings (SSSR count). The number of carbonyl (C=O) groups is 1. The first kappa shape index (κ1) is 26.4. The summed E-state index contributed by atoms with van der Waals surface area (Å²) >= 11 is 0. The number of sulfone groups is 1. The van der Waals surface area contributed by atoms with Crippen LogP contribution in [0.15, 0.2) is 23.1 Å². The van der Waals surface area contributed by atoms with Crippen molar-refractivity contribution >= 4 is 16.1 Å². The molecule has 0 aliphatic carbocycles. The summed E-state index contributed by atoms with van der Waals surface area (Å²) in [7, 11) is -3.16. The third kappa shape index (κ3) is 6.46. The summed E-state index contributed by atoms with van der Waals surface area (Å²) in [6.07, 6.45) is 8.94. The minimum absolute atomic E-state index is 0.112. The van der Waals surface area contributed by atoms with Crippen LogP contribution in [0.2, 0.25) is 0 Å². The van der Waals surface area contributed by atoms with Gasteiger partial charge in [0.2, 0.25) is 0 Å². The Morgan fingerprint density at radius 3 is 2.61 bits per heavy atom. The van der Waals surface area contributed by atoms with Gasteiger partial charge in [0, 0.05) is 17.5 Å². The van der Waals surface area contributed by atoms with Gasteiger partial charge < -0.3 is 4.79 Å². The standard InChI is InChI=1S/C27H44N2O3S/c1-21(2)29(16-10-9-15-28-14-8-6-7-11-24(28)19-30)22(3)17-23-12-13-26-25(18-23)27(4,5)20-33(26,31)32/h12-13,18-19,21-22,24H,6-11,14-17,20H2,1-5H3. The summed E-state index contributed by atoms with van der Waals surface area (Å²) in [5.41, 5.74) is 1.87. The highest BCUT2D eigenvalue weighted by Gasteiger charge is 2.40. The van der Waals surface area contributed by atoms with Crippen LogP contribution in [0.5, 0.6) is 0 Å². The Hall–Kier alpha value is -1.24. The molecule has 1 saturated heterocycles. The fourth-order valence-corrected chi connectivity index (χ4v) is 8.02. The van der Waals surface area contributed by atoms with Crippen molar-refractivity contribution in [2.45, 2.75) is 108 Å². The number of hydrogen-bond donors (Lipinski definition) is 0. The molecule has 2 atom stereocenters. The minimum Gasteiger partial charge on any atom is -0.302 e. The first-order chi connectivity index (χ1) is 15.5. The van der Waals surface area contributed by atoms with Crippen LogP contribution in [0.25, 0.3) is 0 Å². The number of likely N-dealkylation sites (tertiary alicyclic amines) is 1. The van der Waals surface area contributed by atoms with Crippen LogP contribution < -0.4 is 0 Å². The van der Waals surface area contributed by atoms with Gasteiger partial charge in [0.05, 0.1) is 16.7 Å². The number of unbranched alkanes of at least 4 members (excludes halogenated alkanes) is 1. The molecular formula is C27H44N2O3S. The number of nitrogens with zero attached hydrogens (tertiary/aromatic N) is 2. The monoisotopic (exact) mass is 476 g/mol. The van der Waals surface area contributed by atoms with Crippen LogP contribution in [0.1, 0.15) is 84.3 Å². The van der Waals surface area contributed by atoms with Crippen LogP contribution in [0.4, 0.5) is 0 Å². The largest absolute Gasteiger partial charge is 0.302 e. The number of hydrogen-bond acceptors (Lipinski definition) is 5. The Kier molecular flexibility index (Phi) is 8.79. The van der Waals surface area contributed by atoms with Crippen molar-refractivity contribution < 1.29 is 13.2 Å². The second kappa shape index (κ2) is 11.0. The molecule has 0 spiro atoms. The van der Waals surface area contributed by atoms with E-state index in [1.165, 1.54) is 24.8 Å². The molecule has 6 heteroatoms. The third-order valence-electron chi connectivity index (χ3n) is 7.60. The van der Waals surface area contributed by atoms with Gasteiger partial charge in [0.25, 0.3) is 0 Å². The molecule has 186 valence electrons. The molecule has 1 aromatic carbocycles. The second-order valence-electron chi connectivity index (χ2n) is 11.2. The number of carbonyl (C=O) groups excluding carboxylic acids is 1. The molecule has 0 amide bonds. The molecule has 2 aliphatic rings. The maximum absolute atomic E-state index is 12.5. The van der Waals surface area contributed by atoms with Crippen LogP contribution in [-0.2, 0) is 26.5 Å². The van der Waals surface area contributed by atoms with Crippen LogP contribution >= 0.6 is 0 Å². The summed E-state index contributed by atoms with van der Waals surface area (Å²) in [5, 5.41) is 0. The van der Waals surface area contributed by atoms with Crippen molar-refractivity contribution in [1.82, 2.24) is 9.80 Å². The van der Waals surface area contributed by atoms with E-state index in [9.17, 15) is 13.2 Å². The quantitative estimate of drug-likeness (QED) is 0.364. The fourth-order valence-electron chi connectivity index (χ4n) is 5.82. The number of benzene rings is 1. The van der Waals surface area contributed by atoms with Gasteiger partial charge in [-0.3, -0.25) is 9.80 Å². The maximum atomic E-state index is 12.5. The van der Waals surface area contributed by atoms with Gasteiger partial charge in [-0.1, -0.05) is 38.8 Å². The lowest BCUT2D eigenvalue weighted by Gasteiger charge is -2.33. The SMILES string of the molecule is CC(C)N(CCCCN1CCCCCC1C=O)C(C)Cc1ccc2c(c1)C(C)(C)CS2(=O)=O. The highest BCUT2D eigenvalue weighted by atomic mass is 32.2. The Bertz CT molecular complexity index is 910. The molecule has 0 N–H and O–H groups in total. The second-order valence-corrected chi connectivity index (χ2v) is 13.1. The van der Waals surface area contributed by atoms with Gasteiger partial charge in [0.15, 0.2) is 9.84 Å². The summed E-state index contributed by atoms with van der Waals surface area (Å²) in [5.74, 6) is 0.203. The van der Waals surface area contributed by atoms with Crippen molar-refractivity contribution in [2.75, 3.05) is 25.4 Å². The molecular weight excluding hydrogens is 432 g/mol. The minimum atomic E-state index is -3.16. The highest BCUT2D eigenvalue weighted by molar-refractivity contribution is 7.91. The van der Waals surface area contributed by atoms with Gasteiger partial charge in [0.1, 0.15) is 6.29 Å². The van der Waals surface area contributed by atoms with Crippen molar-refractivity contribution in [2.24, 2.45) is 0 Å². The van der Waals surface area contributed by atoms with Crippen molar-refractivity contribution in [3.63, 3.8) is 0 Å². The van der Waals surface area contributed by atoms with Crippen LogP contribution in [0.3, 0.4) is 0 Å². The van der Waals surface area contributed by atoms with Crippen LogP contribution in [0, 0.1) is 0 Å². The van der Waals surface area contributed by atoms with Crippen molar-refractivity contribution in [3.05, 3.63) is 29.3 Å². The Labute approximate surface area is 201 Å². The number of aldehydes is 1. The normalized spacial score (nSPS) is 23.4. The number of fused-ring (bicyclic) bond motifs is 1. The van der Waals surface area contributed by atoms with Gasteiger partial charge in [-0.25, -0.2) is 8.42 Å². The zero-order chi connectivity index (χ0) is 24.2. The third-order valence-corrected chi connectivity index (χ3v) is 9.73. The molecule has 0 aromatic heterocycles. The molecule has 5 nitrogen and oxygen atoms in total. The molecule has 2 aliphatic heterocycles. The maximum Gasteiger partial charge on any atom is 0.179 e. The van der Waals surface area contributed by atoms with Gasteiger partial charge in [-0.05, 0) is 89.7 Å². The van der Waals surface area contributed by atoms with E-state index in [2.05, 4.69) is 36.6 Å². The van der Waals surface area contributed by atoms with E-state index in [1.807, 2.05) is 26.0 Å². The molecule has 33 heavy (non-hydrogen) atoms. The van der Waals surface area contributed by atoms with Crippen molar-refractivity contribution in [1.29, 1.82) is 0 Å². The van der Waals surface area contributed by atoms with Gasteiger partial charge >= 0.3 is 0 Å². The van der Waals surface area contributed by atoms with Crippen molar-refractivity contribution in [3.8, 4) is 0 Å². The first-order valence-corrected chi connectivity index (χ1v) is 14.5. The smallest absolute Gasteiger partial charge is 0.179 e. The molecule has 2 unspecified atom stereocenters. The lowest BCUT2D eigenvalue weighted by atomic mass is 9.85. The van der Waals surface area contributed by atoms with Gasteiger partial charge in [-0.2, -0.15) is 0 Å². The summed E-state index contributed by atoms with van der Waals surface area (Å²) in [6, 6.07) is 6.91. The highest BCUT2D eigenvalue weighted by Crippen LogP contribution is 2.40. The van der Waals surface area contributed by atoms with E-state index < -0.39 is 9.84 Å². The van der Waals surface area contributed by atoms with Crippen LogP contribution in [-0.4, -0.2) is 68.0 Å². The molecule has 2 heterocycles. The molecule has 1 aromatic rings. The van der Waals surface area contributed by atoms with Gasteiger partial charge in [-0.15, -0.1) is 0 Å². The summed E-state index contributed by atoms with van der Waals surface area (Å²) in [6.45, 7) is 14.0. The van der Waals surface area contributed by atoms with E-state index in [0.717, 1.165) is 57.2 Å². The number of rotatable bonds is 10.